The standard InChI is InChI=1S/C21H17N7O/c1-13-10-16(4-3-9-22)11-14(2)18(13)25-19-20(29)27-28-21(26-19)24-17-7-5-15(12-23)6-8-17/h3-8,10-11H,1-2H3,(H,27,29)(H2,24,25,26,28)/b4-3+. The Kier molecular flexibility index (Phi) is 5.67. The summed E-state index contributed by atoms with van der Waals surface area (Å²) in [6.07, 6.45) is 3.14. The third-order valence-corrected chi connectivity index (χ3v) is 4.12. The summed E-state index contributed by atoms with van der Waals surface area (Å²) in [7, 11) is 0. The lowest BCUT2D eigenvalue weighted by Gasteiger charge is -2.13. The summed E-state index contributed by atoms with van der Waals surface area (Å²) in [5.41, 5.74) is 4.23. The van der Waals surface area contributed by atoms with Crippen LogP contribution in [0, 0.1) is 36.5 Å². The first-order valence-electron chi connectivity index (χ1n) is 8.68. The number of hydrogen-bond donors (Lipinski definition) is 3. The topological polar surface area (TPSA) is 130 Å². The molecule has 0 radical (unpaired) electrons. The van der Waals surface area contributed by atoms with E-state index in [0.717, 1.165) is 22.4 Å². The fourth-order valence-corrected chi connectivity index (χ4v) is 2.78. The van der Waals surface area contributed by atoms with Gasteiger partial charge in [-0.25, -0.2) is 5.10 Å². The number of allylic oxidation sites excluding steroid dienone is 1. The maximum atomic E-state index is 12.2. The smallest absolute Gasteiger partial charge is 0.307 e. The van der Waals surface area contributed by atoms with E-state index >= 15 is 0 Å². The van der Waals surface area contributed by atoms with Crippen LogP contribution in [0.15, 0.2) is 47.3 Å². The first kappa shape index (κ1) is 19.3. The van der Waals surface area contributed by atoms with Crippen LogP contribution in [0.2, 0.25) is 0 Å². The van der Waals surface area contributed by atoms with E-state index in [1.165, 1.54) is 6.08 Å². The van der Waals surface area contributed by atoms with Gasteiger partial charge in [-0.2, -0.15) is 15.5 Å². The predicted octanol–water partition coefficient (Wildman–Crippen LogP) is 3.68. The highest BCUT2D eigenvalue weighted by Gasteiger charge is 2.10. The van der Waals surface area contributed by atoms with Crippen LogP contribution in [-0.2, 0) is 0 Å². The zero-order valence-corrected chi connectivity index (χ0v) is 15.8. The van der Waals surface area contributed by atoms with E-state index in [1.807, 2.05) is 32.0 Å². The normalized spacial score (nSPS) is 10.3. The van der Waals surface area contributed by atoms with Gasteiger partial charge in [0.1, 0.15) is 0 Å². The zero-order valence-electron chi connectivity index (χ0n) is 15.8. The molecule has 3 aromatic rings. The van der Waals surface area contributed by atoms with Crippen LogP contribution in [-0.4, -0.2) is 15.2 Å². The van der Waals surface area contributed by atoms with E-state index in [1.54, 1.807) is 30.3 Å². The van der Waals surface area contributed by atoms with E-state index in [4.69, 9.17) is 10.5 Å². The van der Waals surface area contributed by atoms with Crippen molar-refractivity contribution in [1.82, 2.24) is 15.2 Å². The number of aromatic nitrogens is 3. The number of rotatable bonds is 5. The number of nitrogens with one attached hydrogen (secondary N) is 3. The molecule has 0 saturated carbocycles. The maximum Gasteiger partial charge on any atom is 0.307 e. The fraction of sp³-hybridized carbons (Fsp3) is 0.0952. The Labute approximate surface area is 167 Å². The molecule has 0 amide bonds. The van der Waals surface area contributed by atoms with Crippen molar-refractivity contribution >= 4 is 29.2 Å². The van der Waals surface area contributed by atoms with Gasteiger partial charge in [0.05, 0.1) is 17.7 Å². The minimum absolute atomic E-state index is 0.0997. The SMILES string of the molecule is Cc1cc(/C=C/C#N)cc(C)c1Nc1nc(Nc2ccc(C#N)cc2)n[nH]c1=O. The first-order chi connectivity index (χ1) is 14.0. The van der Waals surface area contributed by atoms with Crippen molar-refractivity contribution in [2.45, 2.75) is 13.8 Å². The molecule has 0 bridgehead atoms. The maximum absolute atomic E-state index is 12.2. The van der Waals surface area contributed by atoms with Crippen LogP contribution in [0.4, 0.5) is 23.1 Å². The summed E-state index contributed by atoms with van der Waals surface area (Å²) in [6.45, 7) is 3.81. The fourth-order valence-electron chi connectivity index (χ4n) is 2.78. The summed E-state index contributed by atoms with van der Waals surface area (Å²) in [6, 6.07) is 14.6. The number of benzene rings is 2. The molecule has 0 atom stereocenters. The lowest BCUT2D eigenvalue weighted by atomic mass is 10.0. The molecule has 142 valence electrons. The molecule has 8 heteroatoms. The molecule has 1 aromatic heterocycles. The number of hydrogen-bond acceptors (Lipinski definition) is 7. The number of aromatic amines is 1. The third-order valence-electron chi connectivity index (χ3n) is 4.12. The van der Waals surface area contributed by atoms with Crippen molar-refractivity contribution < 1.29 is 0 Å². The van der Waals surface area contributed by atoms with Crippen LogP contribution in [0.3, 0.4) is 0 Å². The molecule has 29 heavy (non-hydrogen) atoms. The Hall–Kier alpha value is -4.43. The number of nitriles is 2. The molecule has 0 unspecified atom stereocenters. The van der Waals surface area contributed by atoms with E-state index in [-0.39, 0.29) is 11.8 Å². The second-order valence-electron chi connectivity index (χ2n) is 6.27. The number of aryl methyl sites for hydroxylation is 2. The van der Waals surface area contributed by atoms with Gasteiger partial charge in [-0.3, -0.25) is 4.79 Å². The quantitative estimate of drug-likeness (QED) is 0.573. The number of H-pyrrole nitrogens is 1. The summed E-state index contributed by atoms with van der Waals surface area (Å²) >= 11 is 0. The van der Waals surface area contributed by atoms with Crippen molar-refractivity contribution in [1.29, 1.82) is 10.5 Å². The molecule has 3 N–H and O–H groups in total. The lowest BCUT2D eigenvalue weighted by Crippen LogP contribution is -2.17. The van der Waals surface area contributed by atoms with Gasteiger partial charge in [0.15, 0.2) is 0 Å². The lowest BCUT2D eigenvalue weighted by molar-refractivity contribution is 0.945. The van der Waals surface area contributed by atoms with E-state index in [9.17, 15) is 4.79 Å². The highest BCUT2D eigenvalue weighted by Crippen LogP contribution is 2.25. The van der Waals surface area contributed by atoms with Gasteiger partial charge in [0, 0.05) is 17.5 Å². The summed E-state index contributed by atoms with van der Waals surface area (Å²) in [5, 5.41) is 29.9. The molecule has 2 aromatic carbocycles. The van der Waals surface area contributed by atoms with Crippen LogP contribution in [0.1, 0.15) is 22.3 Å². The van der Waals surface area contributed by atoms with Gasteiger partial charge in [-0.1, -0.05) is 0 Å². The van der Waals surface area contributed by atoms with Crippen LogP contribution >= 0.6 is 0 Å². The van der Waals surface area contributed by atoms with Gasteiger partial charge in [0.2, 0.25) is 11.8 Å². The molecular formula is C21H17N7O. The summed E-state index contributed by atoms with van der Waals surface area (Å²) < 4.78 is 0. The summed E-state index contributed by atoms with van der Waals surface area (Å²) in [4.78, 5) is 16.4. The Bertz CT molecular complexity index is 1190. The molecule has 0 aliphatic rings. The molecule has 0 spiro atoms. The molecule has 3 rings (SSSR count). The largest absolute Gasteiger partial charge is 0.335 e. The van der Waals surface area contributed by atoms with Crippen molar-refractivity contribution in [3.05, 3.63) is 75.1 Å². The molecular weight excluding hydrogens is 366 g/mol. The molecule has 0 aliphatic carbocycles. The van der Waals surface area contributed by atoms with Gasteiger partial charge in [-0.05, 0) is 73.0 Å². The first-order valence-corrected chi connectivity index (χ1v) is 8.68. The van der Waals surface area contributed by atoms with Crippen molar-refractivity contribution in [2.75, 3.05) is 10.6 Å². The van der Waals surface area contributed by atoms with Crippen LogP contribution in [0.25, 0.3) is 6.08 Å². The third kappa shape index (κ3) is 4.65. The Morgan fingerprint density at radius 2 is 1.76 bits per heavy atom. The highest BCUT2D eigenvalue weighted by atomic mass is 16.1. The molecule has 0 aliphatic heterocycles. The Morgan fingerprint density at radius 3 is 2.38 bits per heavy atom. The minimum atomic E-state index is -0.456. The monoisotopic (exact) mass is 383 g/mol. The van der Waals surface area contributed by atoms with Crippen molar-refractivity contribution in [3.63, 3.8) is 0 Å². The summed E-state index contributed by atoms with van der Waals surface area (Å²) in [5.74, 6) is 0.309. The molecule has 1 heterocycles. The predicted molar refractivity (Wildman–Crippen MR) is 111 cm³/mol. The minimum Gasteiger partial charge on any atom is -0.335 e. The second kappa shape index (κ2) is 8.51. The van der Waals surface area contributed by atoms with Crippen molar-refractivity contribution in [2.24, 2.45) is 0 Å². The Morgan fingerprint density at radius 1 is 1.07 bits per heavy atom. The zero-order chi connectivity index (χ0) is 20.8. The van der Waals surface area contributed by atoms with E-state index in [0.29, 0.717) is 11.3 Å². The van der Waals surface area contributed by atoms with Crippen LogP contribution < -0.4 is 16.2 Å². The van der Waals surface area contributed by atoms with Crippen LogP contribution in [0.5, 0.6) is 0 Å². The van der Waals surface area contributed by atoms with Gasteiger partial charge < -0.3 is 10.6 Å². The average molecular weight is 383 g/mol. The number of nitrogens with zero attached hydrogens (tertiary/aromatic N) is 4. The van der Waals surface area contributed by atoms with Gasteiger partial charge in [-0.15, -0.1) is 5.10 Å². The average Bonchev–Trinajstić information content (AvgIpc) is 2.72. The Balaban J connectivity index is 1.87. The van der Waals surface area contributed by atoms with E-state index < -0.39 is 5.56 Å². The van der Waals surface area contributed by atoms with E-state index in [2.05, 4.69) is 31.9 Å². The molecule has 0 fully saturated rings. The van der Waals surface area contributed by atoms with Gasteiger partial charge >= 0.3 is 5.56 Å². The molecule has 0 saturated heterocycles. The highest BCUT2D eigenvalue weighted by molar-refractivity contribution is 5.69. The van der Waals surface area contributed by atoms with Crippen molar-refractivity contribution in [3.8, 4) is 12.1 Å². The molecule has 8 nitrogen and oxygen atoms in total. The number of anilines is 4. The van der Waals surface area contributed by atoms with Gasteiger partial charge in [0.25, 0.3) is 0 Å². The second-order valence-corrected chi connectivity index (χ2v) is 6.27.